The van der Waals surface area contributed by atoms with E-state index in [1.165, 1.54) is 11.8 Å². The molecular formula is C13H15N3O2S. The molecule has 1 aromatic rings. The highest BCUT2D eigenvalue weighted by molar-refractivity contribution is 8.14. The topological polar surface area (TPSA) is 70.6 Å². The molecule has 1 aromatic carbocycles. The van der Waals surface area contributed by atoms with Gasteiger partial charge in [-0.25, -0.2) is 0 Å². The summed E-state index contributed by atoms with van der Waals surface area (Å²) < 4.78 is 0. The van der Waals surface area contributed by atoms with Crippen LogP contribution < -0.4 is 10.6 Å². The van der Waals surface area contributed by atoms with E-state index in [2.05, 4.69) is 15.6 Å². The number of rotatable bonds is 3. The Morgan fingerprint density at radius 1 is 1.32 bits per heavy atom. The molecule has 0 spiro atoms. The molecule has 0 radical (unpaired) electrons. The molecule has 1 atom stereocenters. The smallest absolute Gasteiger partial charge is 0.251 e. The van der Waals surface area contributed by atoms with Crippen molar-refractivity contribution in [2.75, 3.05) is 12.3 Å². The van der Waals surface area contributed by atoms with E-state index < -0.39 is 6.04 Å². The third-order valence-corrected chi connectivity index (χ3v) is 3.48. The number of hydrogen-bond donors (Lipinski definition) is 2. The second-order valence-corrected chi connectivity index (χ2v) is 5.17. The Kier molecular flexibility index (Phi) is 4.57. The highest BCUT2D eigenvalue weighted by atomic mass is 32.2. The van der Waals surface area contributed by atoms with Gasteiger partial charge in [-0.05, 0) is 19.1 Å². The quantitative estimate of drug-likeness (QED) is 0.866. The summed E-state index contributed by atoms with van der Waals surface area (Å²) in [7, 11) is 0. The van der Waals surface area contributed by atoms with Crippen LogP contribution in [0.15, 0.2) is 35.3 Å². The zero-order valence-corrected chi connectivity index (χ0v) is 11.4. The lowest BCUT2D eigenvalue weighted by Crippen LogP contribution is -2.45. The third-order valence-electron chi connectivity index (χ3n) is 2.59. The van der Waals surface area contributed by atoms with Crippen molar-refractivity contribution < 1.29 is 9.59 Å². The normalized spacial score (nSPS) is 15.5. The van der Waals surface area contributed by atoms with E-state index in [0.717, 1.165) is 12.3 Å². The minimum Gasteiger partial charge on any atom is -0.341 e. The Hall–Kier alpha value is -1.82. The minimum atomic E-state index is -0.600. The average Bonchev–Trinajstić information content (AvgIpc) is 2.92. The number of hydrogen-bond acceptors (Lipinski definition) is 4. The highest BCUT2D eigenvalue weighted by Gasteiger charge is 2.19. The van der Waals surface area contributed by atoms with Gasteiger partial charge in [-0.2, -0.15) is 0 Å². The van der Waals surface area contributed by atoms with E-state index >= 15 is 0 Å². The van der Waals surface area contributed by atoms with Crippen LogP contribution in [0.1, 0.15) is 17.3 Å². The number of amides is 2. The van der Waals surface area contributed by atoms with Gasteiger partial charge in [0, 0.05) is 11.3 Å². The Labute approximate surface area is 115 Å². The number of carbonyl (C=O) groups excluding carboxylic acids is 2. The monoisotopic (exact) mass is 277 g/mol. The minimum absolute atomic E-state index is 0.252. The van der Waals surface area contributed by atoms with Crippen LogP contribution in [0.2, 0.25) is 0 Å². The molecule has 0 unspecified atom stereocenters. The van der Waals surface area contributed by atoms with Crippen molar-refractivity contribution in [2.24, 2.45) is 4.99 Å². The Balaban J connectivity index is 1.88. The predicted octanol–water partition coefficient (Wildman–Crippen LogP) is 1.02. The van der Waals surface area contributed by atoms with Crippen molar-refractivity contribution in [3.63, 3.8) is 0 Å². The Morgan fingerprint density at radius 3 is 2.68 bits per heavy atom. The van der Waals surface area contributed by atoms with Gasteiger partial charge in [0.2, 0.25) is 5.91 Å². The molecule has 2 N–H and O–H groups in total. The van der Waals surface area contributed by atoms with Gasteiger partial charge in [0.15, 0.2) is 5.17 Å². The SMILES string of the molecule is C[C@H](NC(=O)c1ccccc1)C(=O)NC1=NCCS1. The Morgan fingerprint density at radius 2 is 2.05 bits per heavy atom. The molecule has 1 heterocycles. The summed E-state index contributed by atoms with van der Waals surface area (Å²) in [5.41, 5.74) is 0.537. The van der Waals surface area contributed by atoms with Crippen molar-refractivity contribution in [2.45, 2.75) is 13.0 Å². The van der Waals surface area contributed by atoms with Crippen LogP contribution in [-0.2, 0) is 4.79 Å². The summed E-state index contributed by atoms with van der Waals surface area (Å²) in [4.78, 5) is 27.8. The summed E-state index contributed by atoms with van der Waals surface area (Å²) in [6.07, 6.45) is 0. The highest BCUT2D eigenvalue weighted by Crippen LogP contribution is 2.09. The van der Waals surface area contributed by atoms with E-state index in [0.29, 0.717) is 10.7 Å². The summed E-state index contributed by atoms with van der Waals surface area (Å²) in [5, 5.41) is 5.98. The molecule has 5 nitrogen and oxygen atoms in total. The fourth-order valence-corrected chi connectivity index (χ4v) is 2.29. The van der Waals surface area contributed by atoms with Gasteiger partial charge in [-0.1, -0.05) is 30.0 Å². The fraction of sp³-hybridized carbons (Fsp3) is 0.308. The molecule has 6 heteroatoms. The first-order valence-electron chi connectivity index (χ1n) is 6.01. The van der Waals surface area contributed by atoms with Gasteiger partial charge in [-0.15, -0.1) is 0 Å². The number of amidine groups is 1. The predicted molar refractivity (Wildman–Crippen MR) is 76.3 cm³/mol. The van der Waals surface area contributed by atoms with Crippen LogP contribution in [0.25, 0.3) is 0 Å². The first-order valence-corrected chi connectivity index (χ1v) is 6.99. The average molecular weight is 277 g/mol. The molecule has 1 aliphatic rings. The molecule has 1 aliphatic heterocycles. The lowest BCUT2D eigenvalue weighted by Gasteiger charge is -2.13. The van der Waals surface area contributed by atoms with Crippen molar-refractivity contribution in [1.29, 1.82) is 0 Å². The number of benzene rings is 1. The zero-order chi connectivity index (χ0) is 13.7. The number of carbonyl (C=O) groups is 2. The fourth-order valence-electron chi connectivity index (χ4n) is 1.56. The number of aliphatic imine (C=N–C) groups is 1. The van der Waals surface area contributed by atoms with Gasteiger partial charge in [0.1, 0.15) is 6.04 Å². The maximum Gasteiger partial charge on any atom is 0.251 e. The van der Waals surface area contributed by atoms with Crippen LogP contribution in [0.5, 0.6) is 0 Å². The largest absolute Gasteiger partial charge is 0.341 e. The molecule has 2 amide bonds. The molecule has 19 heavy (non-hydrogen) atoms. The zero-order valence-electron chi connectivity index (χ0n) is 10.6. The molecule has 0 saturated heterocycles. The van der Waals surface area contributed by atoms with Crippen LogP contribution in [0.3, 0.4) is 0 Å². The summed E-state index contributed by atoms with van der Waals surface area (Å²) in [6, 6.07) is 8.21. The van der Waals surface area contributed by atoms with E-state index in [1.54, 1.807) is 31.2 Å². The molecule has 0 aliphatic carbocycles. The van der Waals surface area contributed by atoms with Crippen molar-refractivity contribution >= 4 is 28.7 Å². The van der Waals surface area contributed by atoms with E-state index in [9.17, 15) is 9.59 Å². The van der Waals surface area contributed by atoms with Gasteiger partial charge in [-0.3, -0.25) is 14.6 Å². The first-order chi connectivity index (χ1) is 9.16. The molecule has 0 fully saturated rings. The lowest BCUT2D eigenvalue weighted by atomic mass is 10.2. The molecular weight excluding hydrogens is 262 g/mol. The standard InChI is InChI=1S/C13H15N3O2S/c1-9(11(17)16-13-14-7-8-19-13)15-12(18)10-5-3-2-4-6-10/h2-6,9H,7-8H2,1H3,(H,15,18)(H,14,16,17)/t9-/m0/s1. The Bertz CT molecular complexity index is 502. The molecule has 2 rings (SSSR count). The van der Waals surface area contributed by atoms with Gasteiger partial charge in [0.25, 0.3) is 5.91 Å². The van der Waals surface area contributed by atoms with Gasteiger partial charge < -0.3 is 10.6 Å². The molecule has 0 saturated carbocycles. The third kappa shape index (κ3) is 3.82. The van der Waals surface area contributed by atoms with Crippen LogP contribution in [0.4, 0.5) is 0 Å². The van der Waals surface area contributed by atoms with Crippen molar-refractivity contribution in [3.05, 3.63) is 35.9 Å². The molecule has 0 bridgehead atoms. The second kappa shape index (κ2) is 6.38. The summed E-state index contributed by atoms with van der Waals surface area (Å²) in [6.45, 7) is 2.38. The van der Waals surface area contributed by atoms with E-state index in [-0.39, 0.29) is 11.8 Å². The van der Waals surface area contributed by atoms with Crippen LogP contribution in [0, 0.1) is 0 Å². The van der Waals surface area contributed by atoms with Crippen molar-refractivity contribution in [3.8, 4) is 0 Å². The maximum absolute atomic E-state index is 11.9. The number of nitrogens with one attached hydrogen (secondary N) is 2. The summed E-state index contributed by atoms with van der Waals surface area (Å²) >= 11 is 1.51. The maximum atomic E-state index is 11.9. The number of nitrogens with zero attached hydrogens (tertiary/aromatic N) is 1. The van der Waals surface area contributed by atoms with E-state index in [4.69, 9.17) is 0 Å². The number of thioether (sulfide) groups is 1. The lowest BCUT2D eigenvalue weighted by molar-refractivity contribution is -0.121. The van der Waals surface area contributed by atoms with Crippen LogP contribution in [-0.4, -0.2) is 35.3 Å². The van der Waals surface area contributed by atoms with Crippen LogP contribution >= 0.6 is 11.8 Å². The molecule has 100 valence electrons. The van der Waals surface area contributed by atoms with Gasteiger partial charge >= 0.3 is 0 Å². The first kappa shape index (κ1) is 13.6. The summed E-state index contributed by atoms with van der Waals surface area (Å²) in [5.74, 6) is 0.377. The second-order valence-electron chi connectivity index (χ2n) is 4.09. The van der Waals surface area contributed by atoms with E-state index in [1.807, 2.05) is 6.07 Å². The molecule has 0 aromatic heterocycles. The van der Waals surface area contributed by atoms with Gasteiger partial charge in [0.05, 0.1) is 6.54 Å². The van der Waals surface area contributed by atoms with Crippen molar-refractivity contribution in [1.82, 2.24) is 10.6 Å².